The first-order chi connectivity index (χ1) is 15.1. The Labute approximate surface area is 185 Å². The van der Waals surface area contributed by atoms with Crippen molar-refractivity contribution in [3.63, 3.8) is 0 Å². The van der Waals surface area contributed by atoms with Crippen LogP contribution in [0.25, 0.3) is 11.1 Å². The summed E-state index contributed by atoms with van der Waals surface area (Å²) in [5.74, 6) is 1.49. The molecule has 0 saturated carbocycles. The molecule has 0 radical (unpaired) electrons. The highest BCUT2D eigenvalue weighted by atomic mass is 32.2. The first kappa shape index (κ1) is 21.2. The second kappa shape index (κ2) is 9.85. The lowest BCUT2D eigenvalue weighted by molar-refractivity contribution is 0.0698. The number of oxazole rings is 1. The van der Waals surface area contributed by atoms with Crippen molar-refractivity contribution in [2.24, 2.45) is 0 Å². The molecule has 31 heavy (non-hydrogen) atoms. The Morgan fingerprint density at radius 3 is 2.48 bits per heavy atom. The van der Waals surface area contributed by atoms with E-state index in [1.54, 1.807) is 6.07 Å². The van der Waals surface area contributed by atoms with E-state index in [-0.39, 0.29) is 5.91 Å². The summed E-state index contributed by atoms with van der Waals surface area (Å²) in [6.07, 6.45) is 0. The van der Waals surface area contributed by atoms with Gasteiger partial charge in [0.2, 0.25) is 0 Å². The van der Waals surface area contributed by atoms with Gasteiger partial charge in [-0.1, -0.05) is 54.2 Å². The van der Waals surface area contributed by atoms with Gasteiger partial charge in [-0.25, -0.2) is 4.98 Å². The molecular formula is C24H25N3O3S. The number of likely N-dealkylation sites (N-methyl/N-ethyl adjacent to an activating group) is 1. The van der Waals surface area contributed by atoms with E-state index in [0.717, 1.165) is 23.2 Å². The molecule has 0 aliphatic rings. The molecule has 0 unspecified atom stereocenters. The van der Waals surface area contributed by atoms with Crippen LogP contribution >= 0.6 is 11.8 Å². The standard InChI is InChI=1S/C24H25N3O3S/c1-26(2)14-15-27(16-18-8-4-3-5-9-18)23(28)22-13-12-19(29-22)17-31-24-25-20-10-6-7-11-21(20)30-24/h3-13H,14-17H2,1-2H3. The first-order valence-corrected chi connectivity index (χ1v) is 11.1. The number of carbonyl (C=O) groups is 1. The van der Waals surface area contributed by atoms with Gasteiger partial charge in [0.25, 0.3) is 11.1 Å². The average Bonchev–Trinajstić information content (AvgIpc) is 3.42. The molecule has 0 spiro atoms. The second-order valence-corrected chi connectivity index (χ2v) is 8.44. The average molecular weight is 436 g/mol. The molecule has 6 nitrogen and oxygen atoms in total. The van der Waals surface area contributed by atoms with Crippen LogP contribution in [0.15, 0.2) is 80.8 Å². The third-order valence-electron chi connectivity index (χ3n) is 4.81. The number of fused-ring (bicyclic) bond motifs is 1. The number of hydrogen-bond donors (Lipinski definition) is 0. The zero-order valence-corrected chi connectivity index (χ0v) is 18.5. The van der Waals surface area contributed by atoms with Crippen molar-refractivity contribution in [3.05, 3.63) is 83.8 Å². The SMILES string of the molecule is CN(C)CCN(Cc1ccccc1)C(=O)c1ccc(CSc2nc3ccccc3o2)o1. The minimum atomic E-state index is -0.108. The Balaban J connectivity index is 1.42. The molecule has 0 aliphatic heterocycles. The number of hydrogen-bond acceptors (Lipinski definition) is 6. The van der Waals surface area contributed by atoms with Crippen molar-refractivity contribution in [2.75, 3.05) is 27.2 Å². The number of thioether (sulfide) groups is 1. The number of carbonyl (C=O) groups excluding carboxylic acids is 1. The summed E-state index contributed by atoms with van der Waals surface area (Å²) in [7, 11) is 4.00. The maximum absolute atomic E-state index is 13.1. The Morgan fingerprint density at radius 2 is 1.71 bits per heavy atom. The van der Waals surface area contributed by atoms with Gasteiger partial charge in [0.15, 0.2) is 11.3 Å². The van der Waals surface area contributed by atoms with Crippen molar-refractivity contribution < 1.29 is 13.6 Å². The van der Waals surface area contributed by atoms with Crippen LogP contribution in [0.5, 0.6) is 0 Å². The molecule has 0 N–H and O–H groups in total. The van der Waals surface area contributed by atoms with Crippen LogP contribution in [0, 0.1) is 0 Å². The molecule has 7 heteroatoms. The summed E-state index contributed by atoms with van der Waals surface area (Å²) in [4.78, 5) is 21.5. The molecule has 2 aromatic heterocycles. The highest BCUT2D eigenvalue weighted by Gasteiger charge is 2.20. The predicted octanol–water partition coefficient (Wildman–Crippen LogP) is 4.92. The molecule has 0 fully saturated rings. The molecule has 4 rings (SSSR count). The largest absolute Gasteiger partial charge is 0.455 e. The van der Waals surface area contributed by atoms with E-state index >= 15 is 0 Å². The van der Waals surface area contributed by atoms with Gasteiger partial charge in [0.05, 0.1) is 5.75 Å². The fraction of sp³-hybridized carbons (Fsp3) is 0.250. The van der Waals surface area contributed by atoms with Gasteiger partial charge in [-0.05, 0) is 43.9 Å². The maximum Gasteiger partial charge on any atom is 0.289 e. The zero-order valence-electron chi connectivity index (χ0n) is 17.7. The number of para-hydroxylation sites is 2. The molecule has 0 bridgehead atoms. The Morgan fingerprint density at radius 1 is 0.935 bits per heavy atom. The molecular weight excluding hydrogens is 410 g/mol. The highest BCUT2D eigenvalue weighted by molar-refractivity contribution is 7.98. The van der Waals surface area contributed by atoms with Crippen LogP contribution in [0.4, 0.5) is 0 Å². The number of benzene rings is 2. The van der Waals surface area contributed by atoms with Crippen molar-refractivity contribution in [1.82, 2.24) is 14.8 Å². The second-order valence-electron chi connectivity index (χ2n) is 7.52. The summed E-state index contributed by atoms with van der Waals surface area (Å²) in [5.41, 5.74) is 2.68. The van der Waals surface area contributed by atoms with Gasteiger partial charge in [0.1, 0.15) is 11.3 Å². The van der Waals surface area contributed by atoms with Gasteiger partial charge < -0.3 is 18.6 Å². The highest BCUT2D eigenvalue weighted by Crippen LogP contribution is 2.27. The fourth-order valence-electron chi connectivity index (χ4n) is 3.15. The summed E-state index contributed by atoms with van der Waals surface area (Å²) in [5, 5.41) is 0.585. The topological polar surface area (TPSA) is 62.7 Å². The zero-order chi connectivity index (χ0) is 21.6. The molecule has 0 saturated heterocycles. The van der Waals surface area contributed by atoms with Crippen LogP contribution < -0.4 is 0 Å². The quantitative estimate of drug-likeness (QED) is 0.348. The van der Waals surface area contributed by atoms with Crippen molar-refractivity contribution >= 4 is 28.8 Å². The molecule has 4 aromatic rings. The van der Waals surface area contributed by atoms with E-state index < -0.39 is 0 Å². The number of nitrogens with zero attached hydrogens (tertiary/aromatic N) is 3. The van der Waals surface area contributed by atoms with Crippen LogP contribution in [0.2, 0.25) is 0 Å². The van der Waals surface area contributed by atoms with Crippen molar-refractivity contribution in [2.45, 2.75) is 17.5 Å². The van der Waals surface area contributed by atoms with Gasteiger partial charge in [-0.15, -0.1) is 0 Å². The normalized spacial score (nSPS) is 11.3. The maximum atomic E-state index is 13.1. The van der Waals surface area contributed by atoms with Crippen molar-refractivity contribution in [1.29, 1.82) is 0 Å². The van der Waals surface area contributed by atoms with E-state index in [1.165, 1.54) is 11.8 Å². The Kier molecular flexibility index (Phi) is 6.74. The summed E-state index contributed by atoms with van der Waals surface area (Å²) in [6, 6.07) is 21.3. The summed E-state index contributed by atoms with van der Waals surface area (Å²) < 4.78 is 11.6. The minimum Gasteiger partial charge on any atom is -0.455 e. The van der Waals surface area contributed by atoms with Gasteiger partial charge >= 0.3 is 0 Å². The Bertz CT molecular complexity index is 1100. The van der Waals surface area contributed by atoms with E-state index in [9.17, 15) is 4.79 Å². The van der Waals surface area contributed by atoms with E-state index in [2.05, 4.69) is 9.88 Å². The minimum absolute atomic E-state index is 0.108. The van der Waals surface area contributed by atoms with Crippen LogP contribution in [-0.2, 0) is 12.3 Å². The van der Waals surface area contributed by atoms with Gasteiger partial charge in [-0.2, -0.15) is 0 Å². The summed E-state index contributed by atoms with van der Waals surface area (Å²) in [6.45, 7) is 1.94. The van der Waals surface area contributed by atoms with Crippen LogP contribution in [0.3, 0.4) is 0 Å². The number of amides is 1. The lowest BCUT2D eigenvalue weighted by Gasteiger charge is -2.23. The van der Waals surface area contributed by atoms with E-state index in [4.69, 9.17) is 8.83 Å². The molecule has 1 amide bonds. The summed E-state index contributed by atoms with van der Waals surface area (Å²) >= 11 is 1.45. The predicted molar refractivity (Wildman–Crippen MR) is 122 cm³/mol. The van der Waals surface area contributed by atoms with Crippen LogP contribution in [0.1, 0.15) is 21.9 Å². The molecule has 2 aromatic carbocycles. The number of aromatic nitrogens is 1. The van der Waals surface area contributed by atoms with Gasteiger partial charge in [0, 0.05) is 19.6 Å². The number of rotatable bonds is 9. The smallest absolute Gasteiger partial charge is 0.289 e. The molecule has 160 valence electrons. The van der Waals surface area contributed by atoms with Crippen molar-refractivity contribution in [3.8, 4) is 0 Å². The lowest BCUT2D eigenvalue weighted by Crippen LogP contribution is -2.36. The van der Waals surface area contributed by atoms with Crippen LogP contribution in [-0.4, -0.2) is 47.9 Å². The van der Waals surface area contributed by atoms with E-state index in [1.807, 2.05) is 79.7 Å². The lowest BCUT2D eigenvalue weighted by atomic mass is 10.2. The Hall–Kier alpha value is -3.03. The number of furan rings is 1. The third kappa shape index (κ3) is 5.57. The third-order valence-corrected chi connectivity index (χ3v) is 5.66. The molecule has 2 heterocycles. The first-order valence-electron chi connectivity index (χ1n) is 10.1. The molecule has 0 atom stereocenters. The van der Waals surface area contributed by atoms with E-state index in [0.29, 0.717) is 35.6 Å². The van der Waals surface area contributed by atoms with Gasteiger partial charge in [-0.3, -0.25) is 4.79 Å². The fourth-order valence-corrected chi connectivity index (χ4v) is 3.88. The molecule has 0 aliphatic carbocycles. The monoisotopic (exact) mass is 435 g/mol.